The molecule has 0 atom stereocenters. The zero-order valence-electron chi connectivity index (χ0n) is 7.44. The van der Waals surface area contributed by atoms with Crippen molar-refractivity contribution in [3.63, 3.8) is 0 Å². The molecular formula is C8H8ClF3N2O. The summed E-state index contributed by atoms with van der Waals surface area (Å²) in [7, 11) is 0. The fourth-order valence-corrected chi connectivity index (χ4v) is 1.24. The molecule has 0 heterocycles. The number of alkyl halides is 4. The predicted octanol–water partition coefficient (Wildman–Crippen LogP) is 2.61. The van der Waals surface area contributed by atoms with Crippen molar-refractivity contribution in [2.75, 3.05) is 5.43 Å². The van der Waals surface area contributed by atoms with Gasteiger partial charge in [0, 0.05) is 5.88 Å². The number of rotatable bonds is 3. The van der Waals surface area contributed by atoms with Crippen molar-refractivity contribution >= 4 is 17.3 Å². The molecule has 7 heteroatoms. The largest absolute Gasteiger partial charge is 0.573 e. The fraction of sp³-hybridized carbons (Fsp3) is 0.250. The molecule has 0 fully saturated rings. The van der Waals surface area contributed by atoms with Crippen molar-refractivity contribution in [3.05, 3.63) is 23.8 Å². The van der Waals surface area contributed by atoms with E-state index in [0.29, 0.717) is 11.3 Å². The molecule has 0 bridgehead atoms. The summed E-state index contributed by atoms with van der Waals surface area (Å²) < 4.78 is 39.3. The van der Waals surface area contributed by atoms with Gasteiger partial charge in [0.1, 0.15) is 5.75 Å². The van der Waals surface area contributed by atoms with Crippen LogP contribution >= 0.6 is 11.6 Å². The maximum absolute atomic E-state index is 11.9. The molecule has 3 nitrogen and oxygen atoms in total. The molecule has 0 unspecified atom stereocenters. The smallest absolute Gasteiger partial charge is 0.406 e. The number of nitrogens with one attached hydrogen (secondary N) is 1. The summed E-state index contributed by atoms with van der Waals surface area (Å²) in [6.07, 6.45) is -4.71. The molecule has 0 amide bonds. The fourth-order valence-electron chi connectivity index (χ4n) is 1.02. The summed E-state index contributed by atoms with van der Waals surface area (Å²) in [5.41, 5.74) is 3.20. The van der Waals surface area contributed by atoms with Gasteiger partial charge < -0.3 is 10.2 Å². The number of hydrogen-bond acceptors (Lipinski definition) is 3. The maximum atomic E-state index is 11.9. The number of nitrogens with two attached hydrogens (primary N) is 1. The second kappa shape index (κ2) is 4.59. The maximum Gasteiger partial charge on any atom is 0.573 e. The van der Waals surface area contributed by atoms with E-state index >= 15 is 0 Å². The van der Waals surface area contributed by atoms with Crippen LogP contribution in [0.4, 0.5) is 18.9 Å². The van der Waals surface area contributed by atoms with Crippen LogP contribution in [0, 0.1) is 0 Å². The zero-order valence-corrected chi connectivity index (χ0v) is 8.19. The van der Waals surface area contributed by atoms with Crippen molar-refractivity contribution in [2.45, 2.75) is 12.2 Å². The lowest BCUT2D eigenvalue weighted by molar-refractivity contribution is -0.274. The Morgan fingerprint density at radius 1 is 1.40 bits per heavy atom. The van der Waals surface area contributed by atoms with Crippen LogP contribution < -0.4 is 16.0 Å². The Kier molecular flexibility index (Phi) is 3.65. The Morgan fingerprint density at radius 2 is 2.07 bits per heavy atom. The first kappa shape index (κ1) is 11.9. The van der Waals surface area contributed by atoms with Gasteiger partial charge in [-0.3, -0.25) is 5.84 Å². The standard InChI is InChI=1S/C8H8ClF3N2O/c9-4-5-3-6(15-8(10,11)12)1-2-7(5)14-13/h1-3,14H,4,13H2. The van der Waals surface area contributed by atoms with E-state index in [1.165, 1.54) is 12.1 Å². The van der Waals surface area contributed by atoms with Gasteiger partial charge in [0.2, 0.25) is 0 Å². The van der Waals surface area contributed by atoms with Crippen molar-refractivity contribution < 1.29 is 17.9 Å². The molecule has 0 aromatic heterocycles. The quantitative estimate of drug-likeness (QED) is 0.485. The number of anilines is 1. The summed E-state index contributed by atoms with van der Waals surface area (Å²) in [5, 5.41) is 0. The normalized spacial score (nSPS) is 11.3. The second-order valence-electron chi connectivity index (χ2n) is 2.64. The Balaban J connectivity index is 2.93. The molecule has 0 radical (unpaired) electrons. The summed E-state index contributed by atoms with van der Waals surface area (Å²) in [6, 6.07) is 3.69. The molecule has 0 aliphatic heterocycles. The highest BCUT2D eigenvalue weighted by atomic mass is 35.5. The minimum atomic E-state index is -4.71. The van der Waals surface area contributed by atoms with E-state index in [4.69, 9.17) is 17.4 Å². The van der Waals surface area contributed by atoms with Gasteiger partial charge in [0.25, 0.3) is 0 Å². The Bertz CT molecular complexity index is 343. The molecule has 3 N–H and O–H groups in total. The highest BCUT2D eigenvalue weighted by Gasteiger charge is 2.31. The van der Waals surface area contributed by atoms with E-state index in [1.54, 1.807) is 0 Å². The van der Waals surface area contributed by atoms with Crippen LogP contribution in [0.15, 0.2) is 18.2 Å². The van der Waals surface area contributed by atoms with E-state index in [1.807, 2.05) is 0 Å². The van der Waals surface area contributed by atoms with Crippen LogP contribution in [0.5, 0.6) is 5.75 Å². The molecule has 1 rings (SSSR count). The summed E-state index contributed by atoms with van der Waals surface area (Å²) in [6.45, 7) is 0. The first-order valence-electron chi connectivity index (χ1n) is 3.87. The highest BCUT2D eigenvalue weighted by molar-refractivity contribution is 6.17. The van der Waals surface area contributed by atoms with Crippen molar-refractivity contribution in [1.29, 1.82) is 0 Å². The van der Waals surface area contributed by atoms with E-state index in [-0.39, 0.29) is 11.6 Å². The molecule has 0 saturated heterocycles. The molecule has 1 aromatic rings. The van der Waals surface area contributed by atoms with Crippen LogP contribution in [-0.4, -0.2) is 6.36 Å². The first-order chi connectivity index (χ1) is 6.96. The van der Waals surface area contributed by atoms with Crippen molar-refractivity contribution in [1.82, 2.24) is 0 Å². The third kappa shape index (κ3) is 3.49. The zero-order chi connectivity index (χ0) is 11.5. The Labute approximate surface area is 88.9 Å². The number of hydrazine groups is 1. The summed E-state index contributed by atoms with van der Waals surface area (Å²) in [5.74, 6) is 4.85. The molecule has 15 heavy (non-hydrogen) atoms. The third-order valence-corrected chi connectivity index (χ3v) is 1.90. The monoisotopic (exact) mass is 240 g/mol. The van der Waals surface area contributed by atoms with Gasteiger partial charge in [0.05, 0.1) is 5.69 Å². The van der Waals surface area contributed by atoms with Gasteiger partial charge in [-0.1, -0.05) is 0 Å². The molecule has 0 saturated carbocycles. The highest BCUT2D eigenvalue weighted by Crippen LogP contribution is 2.27. The summed E-state index contributed by atoms with van der Waals surface area (Å²) in [4.78, 5) is 0. The lowest BCUT2D eigenvalue weighted by Crippen LogP contribution is -2.17. The first-order valence-corrected chi connectivity index (χ1v) is 4.41. The summed E-state index contributed by atoms with van der Waals surface area (Å²) >= 11 is 5.52. The molecule has 1 aromatic carbocycles. The predicted molar refractivity (Wildman–Crippen MR) is 50.5 cm³/mol. The molecule has 0 aliphatic carbocycles. The average molecular weight is 241 g/mol. The number of halogens is 4. The van der Waals surface area contributed by atoms with Crippen LogP contribution in [0.2, 0.25) is 0 Å². The van der Waals surface area contributed by atoms with E-state index in [9.17, 15) is 13.2 Å². The topological polar surface area (TPSA) is 47.3 Å². The number of nitrogen functional groups attached to an aromatic ring is 1. The van der Waals surface area contributed by atoms with Gasteiger partial charge in [-0.15, -0.1) is 24.8 Å². The van der Waals surface area contributed by atoms with Crippen LogP contribution in [0.3, 0.4) is 0 Å². The number of ether oxygens (including phenoxy) is 1. The lowest BCUT2D eigenvalue weighted by Gasteiger charge is -2.11. The van der Waals surface area contributed by atoms with Gasteiger partial charge in [-0.2, -0.15) is 0 Å². The molecular weight excluding hydrogens is 233 g/mol. The van der Waals surface area contributed by atoms with E-state index in [2.05, 4.69) is 10.2 Å². The van der Waals surface area contributed by atoms with Gasteiger partial charge >= 0.3 is 6.36 Å². The lowest BCUT2D eigenvalue weighted by atomic mass is 10.2. The van der Waals surface area contributed by atoms with Crippen LogP contribution in [0.1, 0.15) is 5.56 Å². The van der Waals surface area contributed by atoms with Crippen LogP contribution in [-0.2, 0) is 5.88 Å². The minimum absolute atomic E-state index is 0.0363. The molecule has 0 spiro atoms. The van der Waals surface area contributed by atoms with E-state index in [0.717, 1.165) is 6.07 Å². The number of benzene rings is 1. The van der Waals surface area contributed by atoms with Gasteiger partial charge in [-0.25, -0.2) is 0 Å². The number of hydrogen-bond donors (Lipinski definition) is 2. The van der Waals surface area contributed by atoms with Gasteiger partial charge in [0.15, 0.2) is 0 Å². The third-order valence-electron chi connectivity index (χ3n) is 1.61. The SMILES string of the molecule is NNc1ccc(OC(F)(F)F)cc1CCl. The van der Waals surface area contributed by atoms with Gasteiger partial charge in [-0.05, 0) is 23.8 Å². The van der Waals surface area contributed by atoms with E-state index < -0.39 is 6.36 Å². The molecule has 84 valence electrons. The minimum Gasteiger partial charge on any atom is -0.406 e. The Hall–Kier alpha value is -1.14. The average Bonchev–Trinajstić information content (AvgIpc) is 2.15. The van der Waals surface area contributed by atoms with Crippen molar-refractivity contribution in [3.8, 4) is 5.75 Å². The van der Waals surface area contributed by atoms with Crippen LogP contribution in [0.25, 0.3) is 0 Å². The second-order valence-corrected chi connectivity index (χ2v) is 2.91. The molecule has 0 aliphatic rings. The Morgan fingerprint density at radius 3 is 2.53 bits per heavy atom. The van der Waals surface area contributed by atoms with Crippen molar-refractivity contribution in [2.24, 2.45) is 5.84 Å².